The fraction of sp³-hybridized carbons (Fsp3) is 0.258. The van der Waals surface area contributed by atoms with Gasteiger partial charge in [0, 0.05) is 56.3 Å². The lowest BCUT2D eigenvalue weighted by Gasteiger charge is -2.34. The molecule has 1 fully saturated rings. The van der Waals surface area contributed by atoms with Crippen LogP contribution < -0.4 is 10.2 Å². The number of amides is 1. The SMILES string of the molecule is CN1CCN(c2ccc(C(=O)Nc3cc(-c4ccc(CCC(=O)Cc5ccccc5)cc4)[nH]n3)cc2)CC1. The Morgan fingerprint density at radius 2 is 1.58 bits per heavy atom. The molecule has 0 bridgehead atoms. The standard InChI is InChI=1S/C31H33N5O2/c1-35-17-19-36(20-18-35)27-14-12-26(13-15-27)31(38)32-30-22-29(33-34-30)25-10-7-23(8-11-25)9-16-28(37)21-24-5-3-2-4-6-24/h2-8,10-15,22H,9,16-21H2,1H3,(H2,32,33,34,38). The van der Waals surface area contributed by atoms with E-state index in [1.165, 1.54) is 0 Å². The summed E-state index contributed by atoms with van der Waals surface area (Å²) in [5.41, 5.74) is 5.69. The van der Waals surface area contributed by atoms with Crippen LogP contribution in [0.15, 0.2) is 84.9 Å². The molecule has 2 heterocycles. The molecule has 0 spiro atoms. The molecule has 1 aliphatic heterocycles. The fourth-order valence-electron chi connectivity index (χ4n) is 4.66. The molecule has 194 valence electrons. The number of likely N-dealkylation sites (N-methyl/N-ethyl adjacent to an activating group) is 1. The summed E-state index contributed by atoms with van der Waals surface area (Å²) in [7, 11) is 2.14. The minimum atomic E-state index is -0.191. The number of aromatic amines is 1. The molecule has 4 aromatic rings. The normalized spacial score (nSPS) is 13.9. The van der Waals surface area contributed by atoms with E-state index in [4.69, 9.17) is 0 Å². The Morgan fingerprint density at radius 1 is 0.868 bits per heavy atom. The Balaban J connectivity index is 1.13. The second kappa shape index (κ2) is 11.9. The molecular formula is C31H33N5O2. The summed E-state index contributed by atoms with van der Waals surface area (Å²) in [6.45, 7) is 4.07. The second-order valence-corrected chi connectivity index (χ2v) is 9.86. The maximum absolute atomic E-state index is 12.8. The highest BCUT2D eigenvalue weighted by molar-refractivity contribution is 6.04. The Kier molecular flexibility index (Phi) is 7.95. The Morgan fingerprint density at radius 3 is 2.29 bits per heavy atom. The van der Waals surface area contributed by atoms with Crippen LogP contribution in [-0.4, -0.2) is 60.0 Å². The largest absolute Gasteiger partial charge is 0.369 e. The molecule has 38 heavy (non-hydrogen) atoms. The number of hydrogen-bond acceptors (Lipinski definition) is 5. The lowest BCUT2D eigenvalue weighted by Crippen LogP contribution is -2.44. The van der Waals surface area contributed by atoms with Crippen LogP contribution in [0.5, 0.6) is 0 Å². The number of nitrogens with zero attached hydrogens (tertiary/aromatic N) is 3. The number of rotatable bonds is 9. The number of anilines is 2. The average Bonchev–Trinajstić information content (AvgIpc) is 3.42. The predicted molar refractivity (Wildman–Crippen MR) is 152 cm³/mol. The first kappa shape index (κ1) is 25.4. The summed E-state index contributed by atoms with van der Waals surface area (Å²) in [6.07, 6.45) is 1.70. The molecule has 0 saturated carbocycles. The van der Waals surface area contributed by atoms with E-state index in [2.05, 4.69) is 32.4 Å². The first-order chi connectivity index (χ1) is 18.5. The number of nitrogens with one attached hydrogen (secondary N) is 2. The van der Waals surface area contributed by atoms with Crippen molar-refractivity contribution in [3.05, 3.63) is 102 Å². The van der Waals surface area contributed by atoms with Crippen LogP contribution in [0.25, 0.3) is 11.3 Å². The molecule has 1 amide bonds. The van der Waals surface area contributed by atoms with Crippen LogP contribution in [0.4, 0.5) is 11.5 Å². The van der Waals surface area contributed by atoms with Crippen molar-refractivity contribution in [2.24, 2.45) is 0 Å². The zero-order chi connectivity index (χ0) is 26.3. The van der Waals surface area contributed by atoms with Crippen molar-refractivity contribution in [2.75, 3.05) is 43.4 Å². The van der Waals surface area contributed by atoms with Gasteiger partial charge in [-0.05, 0) is 54.4 Å². The van der Waals surface area contributed by atoms with Gasteiger partial charge in [0.15, 0.2) is 5.82 Å². The van der Waals surface area contributed by atoms with Gasteiger partial charge in [-0.1, -0.05) is 54.6 Å². The van der Waals surface area contributed by atoms with Crippen LogP contribution in [0.3, 0.4) is 0 Å². The molecule has 3 aromatic carbocycles. The number of hydrogen-bond donors (Lipinski definition) is 2. The van der Waals surface area contributed by atoms with Crippen molar-refractivity contribution in [2.45, 2.75) is 19.3 Å². The van der Waals surface area contributed by atoms with Crippen LogP contribution in [0.1, 0.15) is 27.9 Å². The lowest BCUT2D eigenvalue weighted by molar-refractivity contribution is -0.118. The van der Waals surface area contributed by atoms with E-state index in [0.29, 0.717) is 30.6 Å². The molecule has 1 aliphatic rings. The van der Waals surface area contributed by atoms with Gasteiger partial charge < -0.3 is 15.1 Å². The molecule has 1 aromatic heterocycles. The van der Waals surface area contributed by atoms with Crippen molar-refractivity contribution >= 4 is 23.2 Å². The third-order valence-corrected chi connectivity index (χ3v) is 7.02. The monoisotopic (exact) mass is 507 g/mol. The summed E-state index contributed by atoms with van der Waals surface area (Å²) < 4.78 is 0. The summed E-state index contributed by atoms with van der Waals surface area (Å²) in [5.74, 6) is 0.524. The van der Waals surface area contributed by atoms with E-state index in [1.54, 1.807) is 0 Å². The number of carbonyl (C=O) groups is 2. The molecule has 0 aliphatic carbocycles. The number of carbonyl (C=O) groups excluding carboxylic acids is 2. The Hall–Kier alpha value is -4.23. The molecule has 1 saturated heterocycles. The number of aromatic nitrogens is 2. The summed E-state index contributed by atoms with van der Waals surface area (Å²) >= 11 is 0. The van der Waals surface area contributed by atoms with Crippen LogP contribution in [-0.2, 0) is 17.6 Å². The van der Waals surface area contributed by atoms with E-state index in [9.17, 15) is 9.59 Å². The zero-order valence-electron chi connectivity index (χ0n) is 21.7. The van der Waals surface area contributed by atoms with Gasteiger partial charge in [-0.3, -0.25) is 14.7 Å². The van der Waals surface area contributed by atoms with E-state index < -0.39 is 0 Å². The Bertz CT molecular complexity index is 1360. The van der Waals surface area contributed by atoms with Crippen LogP contribution in [0, 0.1) is 0 Å². The summed E-state index contributed by atoms with van der Waals surface area (Å²) in [6, 6.07) is 27.5. The van der Waals surface area contributed by atoms with Gasteiger partial charge >= 0.3 is 0 Å². The number of piperazine rings is 1. The van der Waals surface area contributed by atoms with Crippen molar-refractivity contribution < 1.29 is 9.59 Å². The number of Topliss-reactive ketones (excluding diaryl/α,β-unsaturated/α-hetero) is 1. The van der Waals surface area contributed by atoms with Gasteiger partial charge in [-0.15, -0.1) is 0 Å². The van der Waals surface area contributed by atoms with Crippen molar-refractivity contribution in [3.63, 3.8) is 0 Å². The smallest absolute Gasteiger partial charge is 0.256 e. The van der Waals surface area contributed by atoms with Gasteiger partial charge in [0.25, 0.3) is 5.91 Å². The molecule has 0 unspecified atom stereocenters. The number of H-pyrrole nitrogens is 1. The highest BCUT2D eigenvalue weighted by atomic mass is 16.1. The number of ketones is 1. The van der Waals surface area contributed by atoms with E-state index in [0.717, 1.165) is 54.3 Å². The highest BCUT2D eigenvalue weighted by Gasteiger charge is 2.15. The fourth-order valence-corrected chi connectivity index (χ4v) is 4.66. The third-order valence-electron chi connectivity index (χ3n) is 7.02. The van der Waals surface area contributed by atoms with Crippen LogP contribution >= 0.6 is 0 Å². The summed E-state index contributed by atoms with van der Waals surface area (Å²) in [5, 5.41) is 10.1. The second-order valence-electron chi connectivity index (χ2n) is 9.86. The maximum Gasteiger partial charge on any atom is 0.256 e. The van der Waals surface area contributed by atoms with Gasteiger partial charge in [0.1, 0.15) is 5.78 Å². The zero-order valence-corrected chi connectivity index (χ0v) is 21.7. The maximum atomic E-state index is 12.8. The molecule has 7 nitrogen and oxygen atoms in total. The van der Waals surface area contributed by atoms with E-state index in [-0.39, 0.29) is 11.7 Å². The summed E-state index contributed by atoms with van der Waals surface area (Å²) in [4.78, 5) is 29.7. The minimum absolute atomic E-state index is 0.191. The van der Waals surface area contributed by atoms with Gasteiger partial charge in [0.2, 0.25) is 0 Å². The number of aryl methyl sites for hydroxylation is 1. The minimum Gasteiger partial charge on any atom is -0.369 e. The first-order valence-electron chi connectivity index (χ1n) is 13.1. The van der Waals surface area contributed by atoms with Crippen molar-refractivity contribution in [1.82, 2.24) is 15.1 Å². The van der Waals surface area contributed by atoms with Crippen LogP contribution in [0.2, 0.25) is 0 Å². The number of benzene rings is 3. The molecule has 5 rings (SSSR count). The molecule has 0 atom stereocenters. The lowest BCUT2D eigenvalue weighted by atomic mass is 10.0. The third kappa shape index (κ3) is 6.55. The average molecular weight is 508 g/mol. The first-order valence-corrected chi connectivity index (χ1v) is 13.1. The van der Waals surface area contributed by atoms with Gasteiger partial charge in [-0.2, -0.15) is 5.10 Å². The quantitative estimate of drug-likeness (QED) is 0.339. The van der Waals surface area contributed by atoms with Gasteiger partial charge in [0.05, 0.1) is 5.69 Å². The Labute approximate surface area is 223 Å². The molecule has 7 heteroatoms. The topological polar surface area (TPSA) is 81.3 Å². The van der Waals surface area contributed by atoms with E-state index in [1.807, 2.05) is 84.9 Å². The highest BCUT2D eigenvalue weighted by Crippen LogP contribution is 2.22. The molecule has 0 radical (unpaired) electrons. The molecule has 2 N–H and O–H groups in total. The van der Waals surface area contributed by atoms with Crippen molar-refractivity contribution in [1.29, 1.82) is 0 Å². The van der Waals surface area contributed by atoms with Gasteiger partial charge in [-0.25, -0.2) is 0 Å². The predicted octanol–water partition coefficient (Wildman–Crippen LogP) is 4.83. The molecular weight excluding hydrogens is 474 g/mol. The van der Waals surface area contributed by atoms with E-state index >= 15 is 0 Å². The van der Waals surface area contributed by atoms with Crippen molar-refractivity contribution in [3.8, 4) is 11.3 Å².